The van der Waals surface area contributed by atoms with Gasteiger partial charge in [-0.3, -0.25) is 10.1 Å². The Morgan fingerprint density at radius 2 is 2.05 bits per heavy atom. The van der Waals surface area contributed by atoms with Crippen molar-refractivity contribution in [2.45, 2.75) is 18.8 Å². The standard InChI is InChI=1S/C12H8Cl2FN3OS/c13-7-4-8(14)9(15)3-6(7)10(19)16-12-18-17-11(20-12)5-1-2-5/h3-5H,1-2H2,(H,16,18,19). The van der Waals surface area contributed by atoms with E-state index >= 15 is 0 Å². The molecule has 2 aromatic rings. The number of carbonyl (C=O) groups excluding carboxylic acids is 1. The molecule has 1 saturated carbocycles. The summed E-state index contributed by atoms with van der Waals surface area (Å²) in [6, 6.07) is 2.20. The number of hydrogen-bond donors (Lipinski definition) is 1. The zero-order valence-corrected chi connectivity index (χ0v) is 12.3. The topological polar surface area (TPSA) is 54.9 Å². The van der Waals surface area contributed by atoms with E-state index in [0.29, 0.717) is 11.0 Å². The number of nitrogens with one attached hydrogen (secondary N) is 1. The predicted molar refractivity (Wildman–Crippen MR) is 76.3 cm³/mol. The maximum absolute atomic E-state index is 13.4. The molecular weight excluding hydrogens is 324 g/mol. The summed E-state index contributed by atoms with van der Waals surface area (Å²) in [5, 5.41) is 11.7. The molecule has 104 valence electrons. The number of halogens is 3. The Morgan fingerprint density at radius 1 is 1.30 bits per heavy atom. The lowest BCUT2D eigenvalue weighted by atomic mass is 10.2. The van der Waals surface area contributed by atoms with Crippen LogP contribution in [0.4, 0.5) is 9.52 Å². The van der Waals surface area contributed by atoms with Crippen LogP contribution in [0.15, 0.2) is 12.1 Å². The van der Waals surface area contributed by atoms with E-state index < -0.39 is 11.7 Å². The maximum atomic E-state index is 13.4. The Balaban J connectivity index is 1.79. The van der Waals surface area contributed by atoms with Gasteiger partial charge in [0.25, 0.3) is 5.91 Å². The van der Waals surface area contributed by atoms with Crippen molar-refractivity contribution in [1.82, 2.24) is 10.2 Å². The molecule has 3 rings (SSSR count). The molecule has 1 fully saturated rings. The second kappa shape index (κ2) is 5.27. The number of carbonyl (C=O) groups is 1. The lowest BCUT2D eigenvalue weighted by Crippen LogP contribution is -2.12. The molecule has 1 N–H and O–H groups in total. The van der Waals surface area contributed by atoms with Crippen LogP contribution in [0.2, 0.25) is 10.0 Å². The fourth-order valence-electron chi connectivity index (χ4n) is 1.64. The van der Waals surface area contributed by atoms with Gasteiger partial charge in [-0.15, -0.1) is 10.2 Å². The molecule has 1 amide bonds. The van der Waals surface area contributed by atoms with Crippen LogP contribution in [0, 0.1) is 5.82 Å². The predicted octanol–water partition coefficient (Wildman–Crippen LogP) is 4.11. The van der Waals surface area contributed by atoms with E-state index in [1.165, 1.54) is 17.4 Å². The second-order valence-electron chi connectivity index (χ2n) is 4.42. The number of aromatic nitrogens is 2. The van der Waals surface area contributed by atoms with Crippen molar-refractivity contribution in [2.75, 3.05) is 5.32 Å². The van der Waals surface area contributed by atoms with Crippen molar-refractivity contribution in [2.24, 2.45) is 0 Å². The minimum atomic E-state index is -0.697. The minimum Gasteiger partial charge on any atom is -0.296 e. The molecule has 4 nitrogen and oxygen atoms in total. The van der Waals surface area contributed by atoms with Gasteiger partial charge < -0.3 is 0 Å². The number of amides is 1. The Morgan fingerprint density at radius 3 is 2.75 bits per heavy atom. The Labute approximate surface area is 127 Å². The van der Waals surface area contributed by atoms with Gasteiger partial charge in [0.15, 0.2) is 0 Å². The van der Waals surface area contributed by atoms with E-state index in [1.807, 2.05) is 0 Å². The summed E-state index contributed by atoms with van der Waals surface area (Å²) in [4.78, 5) is 12.0. The lowest BCUT2D eigenvalue weighted by molar-refractivity contribution is 0.102. The molecule has 0 spiro atoms. The van der Waals surface area contributed by atoms with Crippen molar-refractivity contribution in [3.63, 3.8) is 0 Å². The first kappa shape index (κ1) is 13.7. The first-order chi connectivity index (χ1) is 9.54. The maximum Gasteiger partial charge on any atom is 0.259 e. The van der Waals surface area contributed by atoms with E-state index in [4.69, 9.17) is 23.2 Å². The van der Waals surface area contributed by atoms with E-state index in [1.54, 1.807) is 0 Å². The number of rotatable bonds is 3. The van der Waals surface area contributed by atoms with Crippen molar-refractivity contribution >= 4 is 45.6 Å². The summed E-state index contributed by atoms with van der Waals surface area (Å²) in [5.41, 5.74) is 0.0109. The highest BCUT2D eigenvalue weighted by Gasteiger charge is 2.28. The van der Waals surface area contributed by atoms with Gasteiger partial charge in [0.2, 0.25) is 5.13 Å². The Bertz CT molecular complexity index is 687. The van der Waals surface area contributed by atoms with Crippen LogP contribution in [-0.2, 0) is 0 Å². The van der Waals surface area contributed by atoms with Gasteiger partial charge in [-0.1, -0.05) is 34.5 Å². The van der Waals surface area contributed by atoms with Crippen LogP contribution in [0.1, 0.15) is 34.1 Å². The molecule has 1 aromatic heterocycles. The summed E-state index contributed by atoms with van der Waals surface area (Å²) in [7, 11) is 0. The third-order valence-electron chi connectivity index (χ3n) is 2.84. The lowest BCUT2D eigenvalue weighted by Gasteiger charge is -2.04. The molecule has 0 unspecified atom stereocenters. The Hall–Kier alpha value is -1.24. The molecular formula is C12H8Cl2FN3OS. The van der Waals surface area contributed by atoms with Crippen LogP contribution < -0.4 is 5.32 Å². The molecule has 0 atom stereocenters. The molecule has 20 heavy (non-hydrogen) atoms. The molecule has 1 aliphatic rings. The van der Waals surface area contributed by atoms with Crippen molar-refractivity contribution < 1.29 is 9.18 Å². The first-order valence-corrected chi connectivity index (χ1v) is 7.41. The highest BCUT2D eigenvalue weighted by atomic mass is 35.5. The normalized spacial score (nSPS) is 14.3. The first-order valence-electron chi connectivity index (χ1n) is 5.84. The van der Waals surface area contributed by atoms with Gasteiger partial charge in [0, 0.05) is 5.92 Å². The van der Waals surface area contributed by atoms with Crippen LogP contribution in [0.5, 0.6) is 0 Å². The van der Waals surface area contributed by atoms with E-state index in [2.05, 4.69) is 15.5 Å². The summed E-state index contributed by atoms with van der Waals surface area (Å²) in [6.45, 7) is 0. The summed E-state index contributed by atoms with van der Waals surface area (Å²) < 4.78 is 13.4. The van der Waals surface area contributed by atoms with E-state index in [9.17, 15) is 9.18 Å². The number of nitrogens with zero attached hydrogens (tertiary/aromatic N) is 2. The molecule has 1 aromatic carbocycles. The van der Waals surface area contributed by atoms with Gasteiger partial charge in [0.1, 0.15) is 10.8 Å². The van der Waals surface area contributed by atoms with Crippen LogP contribution in [0.3, 0.4) is 0 Å². The molecule has 0 radical (unpaired) electrons. The van der Waals surface area contributed by atoms with Gasteiger partial charge in [-0.2, -0.15) is 0 Å². The van der Waals surface area contributed by atoms with E-state index in [-0.39, 0.29) is 15.6 Å². The molecule has 0 aliphatic heterocycles. The van der Waals surface area contributed by atoms with Crippen LogP contribution in [-0.4, -0.2) is 16.1 Å². The molecule has 0 bridgehead atoms. The fraction of sp³-hybridized carbons (Fsp3) is 0.250. The smallest absolute Gasteiger partial charge is 0.259 e. The van der Waals surface area contributed by atoms with Crippen LogP contribution >= 0.6 is 34.5 Å². The van der Waals surface area contributed by atoms with Gasteiger partial charge in [-0.25, -0.2) is 4.39 Å². The molecule has 0 saturated heterocycles. The quantitative estimate of drug-likeness (QED) is 0.861. The highest BCUT2D eigenvalue weighted by molar-refractivity contribution is 7.15. The SMILES string of the molecule is O=C(Nc1nnc(C2CC2)s1)c1cc(F)c(Cl)cc1Cl. The van der Waals surface area contributed by atoms with Crippen molar-refractivity contribution in [3.05, 3.63) is 38.6 Å². The van der Waals surface area contributed by atoms with Crippen molar-refractivity contribution in [3.8, 4) is 0 Å². The number of benzene rings is 1. The van der Waals surface area contributed by atoms with E-state index in [0.717, 1.165) is 23.9 Å². The zero-order chi connectivity index (χ0) is 14.3. The number of hydrogen-bond acceptors (Lipinski definition) is 4. The highest BCUT2D eigenvalue weighted by Crippen LogP contribution is 2.42. The second-order valence-corrected chi connectivity index (χ2v) is 6.24. The largest absolute Gasteiger partial charge is 0.296 e. The van der Waals surface area contributed by atoms with Crippen LogP contribution in [0.25, 0.3) is 0 Å². The summed E-state index contributed by atoms with van der Waals surface area (Å²) in [6.07, 6.45) is 2.22. The molecule has 1 heterocycles. The minimum absolute atomic E-state index is 0.0109. The fourth-order valence-corrected chi connectivity index (χ4v) is 3.02. The van der Waals surface area contributed by atoms with Gasteiger partial charge >= 0.3 is 0 Å². The van der Waals surface area contributed by atoms with Gasteiger partial charge in [0.05, 0.1) is 15.6 Å². The third-order valence-corrected chi connectivity index (χ3v) is 4.45. The monoisotopic (exact) mass is 331 g/mol. The Kier molecular flexibility index (Phi) is 3.62. The average molecular weight is 332 g/mol. The third kappa shape index (κ3) is 2.77. The van der Waals surface area contributed by atoms with Gasteiger partial charge in [-0.05, 0) is 25.0 Å². The van der Waals surface area contributed by atoms with Crippen molar-refractivity contribution in [1.29, 1.82) is 0 Å². The summed E-state index contributed by atoms with van der Waals surface area (Å²) in [5.74, 6) is -0.768. The average Bonchev–Trinajstić information content (AvgIpc) is 3.15. The number of anilines is 1. The summed E-state index contributed by atoms with van der Waals surface area (Å²) >= 11 is 12.8. The molecule has 8 heteroatoms. The zero-order valence-electron chi connectivity index (χ0n) is 9.99. The molecule has 1 aliphatic carbocycles.